The van der Waals surface area contributed by atoms with Crippen LogP contribution in [0, 0.1) is 0 Å². The van der Waals surface area contributed by atoms with Crippen LogP contribution in [0.25, 0.3) is 5.65 Å². The largest absolute Gasteiger partial charge is 0.366 e. The predicted octanol–water partition coefficient (Wildman–Crippen LogP) is 0.469. The third-order valence-electron chi connectivity index (χ3n) is 1.19. The van der Waals surface area contributed by atoms with Crippen LogP contribution >= 0.6 is 15.9 Å². The molecule has 11 heavy (non-hydrogen) atoms. The van der Waals surface area contributed by atoms with Gasteiger partial charge in [0.05, 0.1) is 0 Å². The van der Waals surface area contributed by atoms with Crippen molar-refractivity contribution in [2.75, 3.05) is 5.73 Å². The Morgan fingerprint density at radius 2 is 2.18 bits per heavy atom. The third-order valence-corrected chi connectivity index (χ3v) is 1.61. The van der Waals surface area contributed by atoms with Gasteiger partial charge in [-0.25, -0.2) is 0 Å². The van der Waals surface area contributed by atoms with Crippen LogP contribution in [0.1, 0.15) is 0 Å². The summed E-state index contributed by atoms with van der Waals surface area (Å²) in [5.74, 6) is 0.232. The number of nitrogens with two attached hydrogens (primary N) is 1. The summed E-state index contributed by atoms with van der Waals surface area (Å²) >= 11 is 3.20. The second-order valence-corrected chi connectivity index (χ2v) is 2.79. The number of anilines is 1. The van der Waals surface area contributed by atoms with Crippen LogP contribution in [0.3, 0.4) is 0 Å². The van der Waals surface area contributed by atoms with Crippen molar-refractivity contribution in [3.05, 3.63) is 16.7 Å². The van der Waals surface area contributed by atoms with Gasteiger partial charge in [0.25, 0.3) is 0 Å². The monoisotopic (exact) mass is 213 g/mol. The zero-order chi connectivity index (χ0) is 7.84. The van der Waals surface area contributed by atoms with Gasteiger partial charge in [-0.15, -0.1) is 14.8 Å². The maximum atomic E-state index is 5.34. The first kappa shape index (κ1) is 6.53. The maximum Gasteiger partial charge on any atom is 0.242 e. The van der Waals surface area contributed by atoms with E-state index in [4.69, 9.17) is 5.73 Å². The molecule has 0 atom stereocenters. The fourth-order valence-electron chi connectivity index (χ4n) is 0.777. The Morgan fingerprint density at radius 3 is 3.00 bits per heavy atom. The van der Waals surface area contributed by atoms with E-state index in [0.29, 0.717) is 10.3 Å². The van der Waals surface area contributed by atoms with E-state index in [1.807, 2.05) is 0 Å². The lowest BCUT2D eigenvalue weighted by atomic mass is 10.6. The molecule has 0 bridgehead atoms. The molecule has 0 saturated carbocycles. The van der Waals surface area contributed by atoms with Gasteiger partial charge < -0.3 is 5.73 Å². The average Bonchev–Trinajstić information content (AvgIpc) is 2.27. The highest BCUT2D eigenvalue weighted by Gasteiger charge is 1.99. The SMILES string of the molecule is Nc1nc2ccc(Br)nn2n1. The van der Waals surface area contributed by atoms with Crippen molar-refractivity contribution in [1.82, 2.24) is 19.8 Å². The summed E-state index contributed by atoms with van der Waals surface area (Å²) in [6.07, 6.45) is 0. The minimum atomic E-state index is 0.232. The van der Waals surface area contributed by atoms with Crippen molar-refractivity contribution in [3.63, 3.8) is 0 Å². The number of halogens is 1. The third kappa shape index (κ3) is 1.05. The van der Waals surface area contributed by atoms with Gasteiger partial charge in [0, 0.05) is 0 Å². The zero-order valence-corrected chi connectivity index (χ0v) is 6.98. The fraction of sp³-hybridized carbons (Fsp3) is 0. The van der Waals surface area contributed by atoms with Crippen LogP contribution in [0.15, 0.2) is 16.7 Å². The van der Waals surface area contributed by atoms with Crippen molar-refractivity contribution < 1.29 is 0 Å². The molecule has 0 saturated heterocycles. The summed E-state index contributed by atoms with van der Waals surface area (Å²) in [5, 5.41) is 7.79. The Balaban J connectivity index is 2.82. The van der Waals surface area contributed by atoms with Gasteiger partial charge in [-0.2, -0.15) is 4.98 Å². The Hall–Kier alpha value is -1.17. The lowest BCUT2D eigenvalue weighted by Crippen LogP contribution is -1.94. The summed E-state index contributed by atoms with van der Waals surface area (Å²) in [7, 11) is 0. The van der Waals surface area contributed by atoms with Gasteiger partial charge in [-0.1, -0.05) is 0 Å². The van der Waals surface area contributed by atoms with E-state index in [2.05, 4.69) is 31.1 Å². The molecule has 0 aliphatic carbocycles. The number of nitrogens with zero attached hydrogens (tertiary/aromatic N) is 4. The van der Waals surface area contributed by atoms with Gasteiger partial charge in [0.15, 0.2) is 5.65 Å². The summed E-state index contributed by atoms with van der Waals surface area (Å²) in [6.45, 7) is 0. The van der Waals surface area contributed by atoms with Gasteiger partial charge >= 0.3 is 0 Å². The second-order valence-electron chi connectivity index (χ2n) is 1.97. The van der Waals surface area contributed by atoms with Crippen molar-refractivity contribution in [2.45, 2.75) is 0 Å². The lowest BCUT2D eigenvalue weighted by molar-refractivity contribution is 0.792. The first-order chi connectivity index (χ1) is 5.25. The molecular formula is C5H4BrN5. The van der Waals surface area contributed by atoms with Crippen LogP contribution in [-0.2, 0) is 0 Å². The number of hydrogen-bond donors (Lipinski definition) is 1. The van der Waals surface area contributed by atoms with Crippen LogP contribution in [-0.4, -0.2) is 19.8 Å². The van der Waals surface area contributed by atoms with E-state index < -0.39 is 0 Å². The summed E-state index contributed by atoms with van der Waals surface area (Å²) in [5.41, 5.74) is 5.99. The summed E-state index contributed by atoms with van der Waals surface area (Å²) in [6, 6.07) is 3.56. The van der Waals surface area contributed by atoms with Crippen LogP contribution < -0.4 is 5.73 Å². The Morgan fingerprint density at radius 1 is 1.36 bits per heavy atom. The molecule has 2 rings (SSSR count). The smallest absolute Gasteiger partial charge is 0.242 e. The van der Waals surface area contributed by atoms with Gasteiger partial charge in [-0.05, 0) is 28.1 Å². The summed E-state index contributed by atoms with van der Waals surface area (Å²) < 4.78 is 2.08. The van der Waals surface area contributed by atoms with Crippen LogP contribution in [0.5, 0.6) is 0 Å². The van der Waals surface area contributed by atoms with E-state index >= 15 is 0 Å². The molecule has 0 radical (unpaired) electrons. The number of fused-ring (bicyclic) bond motifs is 1. The lowest BCUT2D eigenvalue weighted by Gasteiger charge is -1.88. The Labute approximate surface area is 70.4 Å². The number of nitrogen functional groups attached to an aromatic ring is 1. The Bertz CT molecular complexity index is 395. The average molecular weight is 214 g/mol. The highest BCUT2D eigenvalue weighted by atomic mass is 79.9. The molecule has 0 fully saturated rings. The molecule has 0 unspecified atom stereocenters. The molecule has 0 aliphatic rings. The van der Waals surface area contributed by atoms with Gasteiger partial charge in [-0.3, -0.25) is 0 Å². The number of hydrogen-bond acceptors (Lipinski definition) is 4. The van der Waals surface area contributed by atoms with Gasteiger partial charge in [0.1, 0.15) is 4.60 Å². The standard InChI is InChI=1S/C5H4BrN5/c6-3-1-2-4-8-5(7)10-11(4)9-3/h1-2H,(H2,7,10). The first-order valence-electron chi connectivity index (χ1n) is 2.91. The molecular weight excluding hydrogens is 210 g/mol. The fourth-order valence-corrected chi connectivity index (χ4v) is 1.06. The van der Waals surface area contributed by atoms with Crippen molar-refractivity contribution in [1.29, 1.82) is 0 Å². The van der Waals surface area contributed by atoms with Gasteiger partial charge in [0.2, 0.25) is 5.95 Å². The van der Waals surface area contributed by atoms with Crippen molar-refractivity contribution in [3.8, 4) is 0 Å². The molecule has 6 heteroatoms. The molecule has 2 aromatic heterocycles. The second kappa shape index (κ2) is 2.16. The number of aromatic nitrogens is 4. The first-order valence-corrected chi connectivity index (χ1v) is 3.70. The minimum Gasteiger partial charge on any atom is -0.366 e. The topological polar surface area (TPSA) is 69.1 Å². The molecule has 2 heterocycles. The maximum absolute atomic E-state index is 5.34. The zero-order valence-electron chi connectivity index (χ0n) is 5.40. The van der Waals surface area contributed by atoms with Crippen LogP contribution in [0.4, 0.5) is 5.95 Å². The highest BCUT2D eigenvalue weighted by molar-refractivity contribution is 9.10. The van der Waals surface area contributed by atoms with E-state index in [9.17, 15) is 0 Å². The molecule has 0 aliphatic heterocycles. The van der Waals surface area contributed by atoms with Crippen molar-refractivity contribution >= 4 is 27.5 Å². The quantitative estimate of drug-likeness (QED) is 0.691. The molecule has 0 aromatic carbocycles. The van der Waals surface area contributed by atoms with E-state index in [-0.39, 0.29) is 5.95 Å². The van der Waals surface area contributed by atoms with Crippen LogP contribution in [0.2, 0.25) is 0 Å². The molecule has 2 aromatic rings. The van der Waals surface area contributed by atoms with E-state index in [1.165, 1.54) is 4.63 Å². The Kier molecular flexibility index (Phi) is 1.28. The predicted molar refractivity (Wildman–Crippen MR) is 42.9 cm³/mol. The normalized spacial score (nSPS) is 10.6. The van der Waals surface area contributed by atoms with E-state index in [1.54, 1.807) is 12.1 Å². The van der Waals surface area contributed by atoms with E-state index in [0.717, 1.165) is 0 Å². The van der Waals surface area contributed by atoms with Crippen molar-refractivity contribution in [2.24, 2.45) is 0 Å². The molecule has 0 amide bonds. The molecule has 0 spiro atoms. The summed E-state index contributed by atoms with van der Waals surface area (Å²) in [4.78, 5) is 3.90. The molecule has 56 valence electrons. The number of rotatable bonds is 0. The highest BCUT2D eigenvalue weighted by Crippen LogP contribution is 2.06. The molecule has 2 N–H and O–H groups in total. The minimum absolute atomic E-state index is 0.232. The molecule has 5 nitrogen and oxygen atoms in total.